The largest absolute Gasteiger partial charge is 0.456 e. The van der Waals surface area contributed by atoms with Gasteiger partial charge < -0.3 is 15.4 Å². The summed E-state index contributed by atoms with van der Waals surface area (Å²) in [5.41, 5.74) is 3.58. The molecule has 0 radical (unpaired) electrons. The van der Waals surface area contributed by atoms with E-state index in [-0.39, 0.29) is 25.4 Å². The first kappa shape index (κ1) is 20.2. The van der Waals surface area contributed by atoms with Gasteiger partial charge in [-0.05, 0) is 43.2 Å². The summed E-state index contributed by atoms with van der Waals surface area (Å²) < 4.78 is 4.91. The van der Waals surface area contributed by atoms with E-state index < -0.39 is 11.9 Å². The molecule has 0 heterocycles. The standard InChI is InChI=1S/C21H24N2O4/c1-3-16-6-10-18(11-7-16)23-20(25)14-27-21(26)13-12-19(24)22-17-8-4-15(2)5-9-17/h4-11H,3,12-14H2,1-2H3,(H,22,24)(H,23,25). The molecule has 0 saturated carbocycles. The van der Waals surface area contributed by atoms with Gasteiger partial charge in [0.2, 0.25) is 5.91 Å². The van der Waals surface area contributed by atoms with Gasteiger partial charge in [0, 0.05) is 17.8 Å². The van der Waals surface area contributed by atoms with Crippen LogP contribution in [0.25, 0.3) is 0 Å². The Labute approximate surface area is 158 Å². The van der Waals surface area contributed by atoms with Crippen LogP contribution < -0.4 is 10.6 Å². The second-order valence-electron chi connectivity index (χ2n) is 6.17. The minimum atomic E-state index is -0.592. The molecule has 0 spiro atoms. The van der Waals surface area contributed by atoms with Crippen LogP contribution in [0, 0.1) is 6.92 Å². The number of ether oxygens (including phenoxy) is 1. The van der Waals surface area contributed by atoms with Gasteiger partial charge in [-0.1, -0.05) is 36.8 Å². The van der Waals surface area contributed by atoms with Gasteiger partial charge >= 0.3 is 5.97 Å². The summed E-state index contributed by atoms with van der Waals surface area (Å²) in [6.07, 6.45) is 0.826. The molecule has 6 heteroatoms. The monoisotopic (exact) mass is 368 g/mol. The molecule has 0 atom stereocenters. The molecule has 2 aromatic rings. The summed E-state index contributed by atoms with van der Waals surface area (Å²) in [5, 5.41) is 5.36. The second kappa shape index (κ2) is 10.1. The molecule has 0 aromatic heterocycles. The van der Waals surface area contributed by atoms with Crippen LogP contribution >= 0.6 is 0 Å². The Bertz CT molecular complexity index is 783. The molecule has 0 aliphatic carbocycles. The van der Waals surface area contributed by atoms with E-state index >= 15 is 0 Å². The number of carbonyl (C=O) groups is 3. The van der Waals surface area contributed by atoms with Crippen molar-refractivity contribution in [3.63, 3.8) is 0 Å². The van der Waals surface area contributed by atoms with Crippen molar-refractivity contribution in [2.24, 2.45) is 0 Å². The number of nitrogens with one attached hydrogen (secondary N) is 2. The Morgan fingerprint density at radius 1 is 0.815 bits per heavy atom. The van der Waals surface area contributed by atoms with Crippen molar-refractivity contribution in [1.82, 2.24) is 0 Å². The molecule has 2 rings (SSSR count). The summed E-state index contributed by atoms with van der Waals surface area (Å²) in [5.74, 6) is -1.29. The lowest BCUT2D eigenvalue weighted by atomic mass is 10.1. The Kier molecular flexibility index (Phi) is 7.55. The van der Waals surface area contributed by atoms with E-state index in [1.807, 2.05) is 38.1 Å². The summed E-state index contributed by atoms with van der Waals surface area (Å²) in [4.78, 5) is 35.3. The number of rotatable bonds is 8. The molecule has 6 nitrogen and oxygen atoms in total. The number of amides is 2. The van der Waals surface area contributed by atoms with Crippen LogP contribution in [-0.4, -0.2) is 24.4 Å². The van der Waals surface area contributed by atoms with Crippen molar-refractivity contribution in [1.29, 1.82) is 0 Å². The lowest BCUT2D eigenvalue weighted by molar-refractivity contribution is -0.147. The summed E-state index contributed by atoms with van der Waals surface area (Å²) in [6.45, 7) is 3.63. The maximum atomic E-state index is 11.8. The Morgan fingerprint density at radius 2 is 1.37 bits per heavy atom. The molecule has 0 unspecified atom stereocenters. The topological polar surface area (TPSA) is 84.5 Å². The molecule has 2 aromatic carbocycles. The minimum Gasteiger partial charge on any atom is -0.456 e. The highest BCUT2D eigenvalue weighted by atomic mass is 16.5. The van der Waals surface area contributed by atoms with Gasteiger partial charge in [-0.25, -0.2) is 0 Å². The molecule has 2 amide bonds. The van der Waals surface area contributed by atoms with Gasteiger partial charge in [-0.3, -0.25) is 14.4 Å². The van der Waals surface area contributed by atoms with E-state index in [0.717, 1.165) is 12.0 Å². The van der Waals surface area contributed by atoms with Crippen LogP contribution in [0.1, 0.15) is 30.9 Å². The summed E-state index contributed by atoms with van der Waals surface area (Å²) >= 11 is 0. The van der Waals surface area contributed by atoms with Crippen molar-refractivity contribution in [2.45, 2.75) is 33.1 Å². The van der Waals surface area contributed by atoms with Crippen LogP contribution in [0.2, 0.25) is 0 Å². The van der Waals surface area contributed by atoms with Crippen LogP contribution in [0.3, 0.4) is 0 Å². The lowest BCUT2D eigenvalue weighted by Gasteiger charge is -2.08. The molecule has 2 N–H and O–H groups in total. The number of hydrogen-bond donors (Lipinski definition) is 2. The summed E-state index contributed by atoms with van der Waals surface area (Å²) in [7, 11) is 0. The maximum Gasteiger partial charge on any atom is 0.306 e. The molecule has 142 valence electrons. The fourth-order valence-corrected chi connectivity index (χ4v) is 2.32. The van der Waals surface area contributed by atoms with Gasteiger partial charge in [-0.2, -0.15) is 0 Å². The minimum absolute atomic E-state index is 0.00713. The molecule has 0 saturated heterocycles. The number of hydrogen-bond acceptors (Lipinski definition) is 4. The molecule has 0 fully saturated rings. The van der Waals surface area contributed by atoms with Crippen molar-refractivity contribution < 1.29 is 19.1 Å². The highest BCUT2D eigenvalue weighted by molar-refractivity contribution is 5.94. The van der Waals surface area contributed by atoms with E-state index in [4.69, 9.17) is 4.74 Å². The van der Waals surface area contributed by atoms with Crippen LogP contribution in [0.15, 0.2) is 48.5 Å². The third-order valence-corrected chi connectivity index (χ3v) is 3.90. The fraction of sp³-hybridized carbons (Fsp3) is 0.286. The normalized spacial score (nSPS) is 10.1. The second-order valence-corrected chi connectivity index (χ2v) is 6.17. The van der Waals surface area contributed by atoms with Gasteiger partial charge in [-0.15, -0.1) is 0 Å². The molecule has 0 aliphatic heterocycles. The first-order valence-corrected chi connectivity index (χ1v) is 8.87. The van der Waals surface area contributed by atoms with Gasteiger partial charge in [0.05, 0.1) is 6.42 Å². The SMILES string of the molecule is CCc1ccc(NC(=O)COC(=O)CCC(=O)Nc2ccc(C)cc2)cc1. The highest BCUT2D eigenvalue weighted by Crippen LogP contribution is 2.11. The third-order valence-electron chi connectivity index (χ3n) is 3.90. The highest BCUT2D eigenvalue weighted by Gasteiger charge is 2.11. The van der Waals surface area contributed by atoms with Crippen LogP contribution in [0.4, 0.5) is 11.4 Å². The van der Waals surface area contributed by atoms with Crippen LogP contribution in [-0.2, 0) is 25.5 Å². The first-order valence-electron chi connectivity index (χ1n) is 8.87. The average molecular weight is 368 g/mol. The number of aryl methyl sites for hydroxylation is 2. The van der Waals surface area contributed by atoms with E-state index in [1.54, 1.807) is 24.3 Å². The zero-order valence-electron chi connectivity index (χ0n) is 15.6. The van der Waals surface area contributed by atoms with E-state index in [9.17, 15) is 14.4 Å². The average Bonchev–Trinajstić information content (AvgIpc) is 2.67. The Balaban J connectivity index is 1.66. The first-order chi connectivity index (χ1) is 13.0. The predicted molar refractivity (Wildman–Crippen MR) is 104 cm³/mol. The molecular weight excluding hydrogens is 344 g/mol. The van der Waals surface area contributed by atoms with Crippen molar-refractivity contribution in [3.8, 4) is 0 Å². The van der Waals surface area contributed by atoms with Crippen molar-refractivity contribution >= 4 is 29.2 Å². The molecule has 0 bridgehead atoms. The lowest BCUT2D eigenvalue weighted by Crippen LogP contribution is -2.21. The van der Waals surface area contributed by atoms with E-state index in [1.165, 1.54) is 5.56 Å². The van der Waals surface area contributed by atoms with Crippen molar-refractivity contribution in [3.05, 3.63) is 59.7 Å². The number of esters is 1. The van der Waals surface area contributed by atoms with Crippen molar-refractivity contribution in [2.75, 3.05) is 17.2 Å². The fourth-order valence-electron chi connectivity index (χ4n) is 2.32. The van der Waals surface area contributed by atoms with E-state index in [0.29, 0.717) is 11.4 Å². The molecule has 27 heavy (non-hydrogen) atoms. The number of anilines is 2. The molecular formula is C21H24N2O4. The Morgan fingerprint density at radius 3 is 1.96 bits per heavy atom. The maximum absolute atomic E-state index is 11.8. The smallest absolute Gasteiger partial charge is 0.306 e. The van der Waals surface area contributed by atoms with E-state index in [2.05, 4.69) is 10.6 Å². The number of benzene rings is 2. The van der Waals surface area contributed by atoms with Gasteiger partial charge in [0.15, 0.2) is 6.61 Å². The molecule has 0 aliphatic rings. The zero-order chi connectivity index (χ0) is 19.6. The van der Waals surface area contributed by atoms with Crippen LogP contribution in [0.5, 0.6) is 0 Å². The quantitative estimate of drug-likeness (QED) is 0.699. The number of carbonyl (C=O) groups excluding carboxylic acids is 3. The Hall–Kier alpha value is -3.15. The zero-order valence-corrected chi connectivity index (χ0v) is 15.6. The predicted octanol–water partition coefficient (Wildman–Crippen LogP) is 3.46. The van der Waals surface area contributed by atoms with Gasteiger partial charge in [0.25, 0.3) is 5.91 Å². The van der Waals surface area contributed by atoms with Gasteiger partial charge in [0.1, 0.15) is 0 Å². The summed E-state index contributed by atoms with van der Waals surface area (Å²) in [6, 6.07) is 14.8. The third kappa shape index (κ3) is 7.32.